The maximum atomic E-state index is 15.0. The van der Waals surface area contributed by atoms with Gasteiger partial charge in [0.25, 0.3) is 5.91 Å². The lowest BCUT2D eigenvalue weighted by atomic mass is 10.0. The lowest BCUT2D eigenvalue weighted by Crippen LogP contribution is -2.43. The number of aliphatic hydroxyl groups is 1. The Hall–Kier alpha value is -3.95. The van der Waals surface area contributed by atoms with Crippen LogP contribution in [0.15, 0.2) is 72.9 Å². The molecule has 0 spiro atoms. The normalized spacial score (nSPS) is 12.8. The van der Waals surface area contributed by atoms with E-state index >= 15 is 0 Å². The Morgan fingerprint density at radius 1 is 1.11 bits per heavy atom. The molecule has 4 rings (SSSR count). The average Bonchev–Trinajstić information content (AvgIpc) is 3.36. The van der Waals surface area contributed by atoms with Crippen LogP contribution in [0.5, 0.6) is 0 Å². The summed E-state index contributed by atoms with van der Waals surface area (Å²) in [7, 11) is 0. The van der Waals surface area contributed by atoms with Crippen molar-refractivity contribution in [3.8, 4) is 22.5 Å². The van der Waals surface area contributed by atoms with E-state index < -0.39 is 30.5 Å². The van der Waals surface area contributed by atoms with E-state index in [9.17, 15) is 18.7 Å². The Bertz CT molecular complexity index is 1280. The topological polar surface area (TPSA) is 100 Å². The van der Waals surface area contributed by atoms with Crippen LogP contribution in [0, 0.1) is 11.6 Å². The van der Waals surface area contributed by atoms with Crippen LogP contribution < -0.4 is 5.32 Å². The smallest absolute Gasteiger partial charge is 0.252 e. The van der Waals surface area contributed by atoms with Crippen molar-refractivity contribution in [2.24, 2.45) is 0 Å². The van der Waals surface area contributed by atoms with Gasteiger partial charge in [0.15, 0.2) is 0 Å². The summed E-state index contributed by atoms with van der Waals surface area (Å²) in [5.74, 6) is -1.61. The van der Waals surface area contributed by atoms with Gasteiger partial charge in [-0.15, -0.1) is 0 Å². The fourth-order valence-corrected chi connectivity index (χ4v) is 3.80. The fraction of sp³-hybridized carbons (Fsp3) is 0.192. The zero-order valence-corrected chi connectivity index (χ0v) is 18.9. The van der Waals surface area contributed by atoms with Crippen LogP contribution in [0.3, 0.4) is 0 Å². The molecule has 2 aromatic carbocycles. The maximum absolute atomic E-state index is 15.0. The third-order valence-corrected chi connectivity index (χ3v) is 5.45. The first-order valence-electron chi connectivity index (χ1n) is 11.1. The number of amides is 1. The number of halogens is 2. The second kappa shape index (κ2) is 11.0. The number of pyridine rings is 1. The zero-order chi connectivity index (χ0) is 24.8. The van der Waals surface area contributed by atoms with Crippen molar-refractivity contribution in [3.05, 3.63) is 95.8 Å². The lowest BCUT2D eigenvalue weighted by Gasteiger charge is -2.26. The molecule has 2 aromatic heterocycles. The summed E-state index contributed by atoms with van der Waals surface area (Å²) in [5.41, 5.74) is 1.99. The van der Waals surface area contributed by atoms with E-state index in [0.29, 0.717) is 23.6 Å². The van der Waals surface area contributed by atoms with E-state index in [1.54, 1.807) is 49.5 Å². The minimum Gasteiger partial charge on any atom is -0.394 e. The second-order valence-electron chi connectivity index (χ2n) is 7.73. The average molecular weight is 478 g/mol. The van der Waals surface area contributed by atoms with E-state index in [4.69, 9.17) is 4.74 Å². The summed E-state index contributed by atoms with van der Waals surface area (Å²) in [6.07, 6.45) is 0.892. The van der Waals surface area contributed by atoms with Crippen LogP contribution in [-0.2, 0) is 4.74 Å². The van der Waals surface area contributed by atoms with Crippen LogP contribution in [0.25, 0.3) is 22.5 Å². The number of hydrogen-bond acceptors (Lipinski definition) is 5. The molecule has 0 aliphatic heterocycles. The first kappa shape index (κ1) is 24.2. The van der Waals surface area contributed by atoms with Gasteiger partial charge in [0.1, 0.15) is 17.7 Å². The highest BCUT2D eigenvalue weighted by molar-refractivity contribution is 6.01. The summed E-state index contributed by atoms with van der Waals surface area (Å²) in [6.45, 7) is 1.71. The molecule has 180 valence electrons. The van der Waals surface area contributed by atoms with Gasteiger partial charge in [-0.25, -0.2) is 8.78 Å². The first-order chi connectivity index (χ1) is 17.0. The molecule has 0 aliphatic carbocycles. The molecule has 35 heavy (non-hydrogen) atoms. The molecule has 2 heterocycles. The molecule has 0 saturated heterocycles. The summed E-state index contributed by atoms with van der Waals surface area (Å²) in [4.78, 5) is 17.6. The molecule has 9 heteroatoms. The van der Waals surface area contributed by atoms with Crippen molar-refractivity contribution in [1.82, 2.24) is 20.5 Å². The Labute approximate surface area is 200 Å². The van der Waals surface area contributed by atoms with Gasteiger partial charge in [0.05, 0.1) is 35.3 Å². The lowest BCUT2D eigenvalue weighted by molar-refractivity contribution is 0.0134. The number of carbonyl (C=O) groups excluding carboxylic acids is 1. The van der Waals surface area contributed by atoms with Crippen LogP contribution in [0.4, 0.5) is 8.78 Å². The monoisotopic (exact) mass is 478 g/mol. The van der Waals surface area contributed by atoms with E-state index in [2.05, 4.69) is 20.5 Å². The van der Waals surface area contributed by atoms with Crippen molar-refractivity contribution in [1.29, 1.82) is 0 Å². The highest BCUT2D eigenvalue weighted by Gasteiger charge is 2.28. The molecule has 0 fully saturated rings. The van der Waals surface area contributed by atoms with Crippen molar-refractivity contribution >= 4 is 5.91 Å². The van der Waals surface area contributed by atoms with Crippen molar-refractivity contribution < 1.29 is 23.4 Å². The number of rotatable bonds is 9. The van der Waals surface area contributed by atoms with E-state index in [1.165, 1.54) is 30.3 Å². The molecule has 1 amide bonds. The minimum absolute atomic E-state index is 0.0216. The van der Waals surface area contributed by atoms with Gasteiger partial charge in [-0.1, -0.05) is 12.1 Å². The van der Waals surface area contributed by atoms with Gasteiger partial charge in [-0.05, 0) is 61.5 Å². The molecule has 2 atom stereocenters. The van der Waals surface area contributed by atoms with E-state index in [1.807, 2.05) is 0 Å². The van der Waals surface area contributed by atoms with Gasteiger partial charge in [-0.2, -0.15) is 5.10 Å². The Morgan fingerprint density at radius 3 is 2.60 bits per heavy atom. The Balaban J connectivity index is 1.64. The van der Waals surface area contributed by atoms with Crippen molar-refractivity contribution in [2.75, 3.05) is 13.2 Å². The standard InChI is InChI=1S/C26H24F2N4O3/c1-2-35-25(20-8-3-4-13-29-20)23(15-33)30-26(34)18-6-5-7-19(28)24(18)22-14-21(31-32-22)16-9-11-17(27)12-10-16/h3-14,23,25,33H,2,15H2,1H3,(H,30,34)(H,31,32)/t23-,25?/m0/s1. The third-order valence-electron chi connectivity index (χ3n) is 5.45. The molecule has 0 saturated carbocycles. The summed E-state index contributed by atoms with van der Waals surface area (Å²) >= 11 is 0. The summed E-state index contributed by atoms with van der Waals surface area (Å²) < 4.78 is 34.0. The quantitative estimate of drug-likeness (QED) is 0.333. The molecule has 7 nitrogen and oxygen atoms in total. The molecule has 0 bridgehead atoms. The Morgan fingerprint density at radius 2 is 1.91 bits per heavy atom. The minimum atomic E-state index is -0.829. The zero-order valence-electron chi connectivity index (χ0n) is 18.9. The van der Waals surface area contributed by atoms with Gasteiger partial charge in [0.2, 0.25) is 0 Å². The molecule has 0 radical (unpaired) electrons. The number of hydrogen-bond donors (Lipinski definition) is 3. The van der Waals surface area contributed by atoms with E-state index in [-0.39, 0.29) is 22.6 Å². The number of ether oxygens (including phenoxy) is 1. The fourth-order valence-electron chi connectivity index (χ4n) is 3.80. The van der Waals surface area contributed by atoms with Gasteiger partial charge in [-0.3, -0.25) is 14.9 Å². The number of aromatic amines is 1. The number of nitrogens with zero attached hydrogens (tertiary/aromatic N) is 2. The second-order valence-corrected chi connectivity index (χ2v) is 7.73. The maximum Gasteiger partial charge on any atom is 0.252 e. The van der Waals surface area contributed by atoms with Crippen LogP contribution >= 0.6 is 0 Å². The third kappa shape index (κ3) is 5.42. The van der Waals surface area contributed by atoms with Crippen molar-refractivity contribution in [3.63, 3.8) is 0 Å². The van der Waals surface area contributed by atoms with Crippen LogP contribution in [0.2, 0.25) is 0 Å². The molecule has 0 aliphatic rings. The van der Waals surface area contributed by atoms with Crippen molar-refractivity contribution in [2.45, 2.75) is 19.1 Å². The van der Waals surface area contributed by atoms with E-state index in [0.717, 1.165) is 0 Å². The molecular formula is C26H24F2N4O3. The largest absolute Gasteiger partial charge is 0.394 e. The number of carbonyl (C=O) groups is 1. The SMILES string of the molecule is CCOC(c1ccccn1)[C@H](CO)NC(=O)c1cccc(F)c1-c1cc(-c2ccc(F)cc2)n[nH]1. The first-order valence-corrected chi connectivity index (χ1v) is 11.1. The highest BCUT2D eigenvalue weighted by Crippen LogP contribution is 2.29. The predicted octanol–water partition coefficient (Wildman–Crippen LogP) is 4.29. The van der Waals surface area contributed by atoms with Crippen LogP contribution in [0.1, 0.15) is 29.1 Å². The molecule has 1 unspecified atom stereocenters. The molecular weight excluding hydrogens is 454 g/mol. The number of aromatic nitrogens is 3. The predicted molar refractivity (Wildman–Crippen MR) is 126 cm³/mol. The molecule has 4 aromatic rings. The number of H-pyrrole nitrogens is 1. The Kier molecular flexibility index (Phi) is 7.59. The number of nitrogens with one attached hydrogen (secondary N) is 2. The summed E-state index contributed by atoms with van der Waals surface area (Å²) in [5, 5.41) is 19.7. The van der Waals surface area contributed by atoms with Crippen LogP contribution in [-0.4, -0.2) is 45.5 Å². The van der Waals surface area contributed by atoms with Gasteiger partial charge < -0.3 is 15.2 Å². The van der Waals surface area contributed by atoms with Gasteiger partial charge in [0, 0.05) is 23.9 Å². The van der Waals surface area contributed by atoms with Gasteiger partial charge >= 0.3 is 0 Å². The number of benzene rings is 2. The highest BCUT2D eigenvalue weighted by atomic mass is 19.1. The molecule has 3 N–H and O–H groups in total. The summed E-state index contributed by atoms with van der Waals surface area (Å²) in [6, 6.07) is 15.9. The number of aliphatic hydroxyl groups excluding tert-OH is 1.